The quantitative estimate of drug-likeness (QED) is 0.703. The molecule has 0 saturated heterocycles. The van der Waals surface area contributed by atoms with Crippen molar-refractivity contribution >= 4 is 29.3 Å². The second kappa shape index (κ2) is 6.97. The Morgan fingerprint density at radius 3 is 2.73 bits per heavy atom. The number of hydrogen-bond donors (Lipinski definition) is 1. The molecule has 0 aliphatic carbocycles. The van der Waals surface area contributed by atoms with Gasteiger partial charge in [0.2, 0.25) is 0 Å². The molecule has 0 bridgehead atoms. The summed E-state index contributed by atoms with van der Waals surface area (Å²) in [6.07, 6.45) is 2.95. The first-order chi connectivity index (χ1) is 12.6. The van der Waals surface area contributed by atoms with Crippen LogP contribution in [0.25, 0.3) is 10.9 Å². The number of methoxy groups -OCH3 is 1. The number of hydrogen-bond acceptors (Lipinski definition) is 4. The molecule has 0 spiro atoms. The van der Waals surface area contributed by atoms with Crippen molar-refractivity contribution in [2.45, 2.75) is 38.3 Å². The highest BCUT2D eigenvalue weighted by atomic mass is 32.1. The average Bonchev–Trinajstić information content (AvgIpc) is 2.92. The van der Waals surface area contributed by atoms with Gasteiger partial charge in [0.05, 0.1) is 12.1 Å². The van der Waals surface area contributed by atoms with Crippen LogP contribution in [-0.4, -0.2) is 29.8 Å². The van der Waals surface area contributed by atoms with E-state index in [1.54, 1.807) is 7.11 Å². The van der Waals surface area contributed by atoms with Crippen LogP contribution in [0.3, 0.4) is 0 Å². The number of ether oxygens (including phenoxy) is 1. The van der Waals surface area contributed by atoms with Crippen LogP contribution in [0.15, 0.2) is 35.4 Å². The average molecular weight is 368 g/mol. The number of aromatic nitrogens is 2. The van der Waals surface area contributed by atoms with Crippen LogP contribution in [0.2, 0.25) is 0 Å². The maximum Gasteiger partial charge on any atom is 0.153 e. The second-order valence-corrected chi connectivity index (χ2v) is 7.47. The van der Waals surface area contributed by atoms with Gasteiger partial charge >= 0.3 is 0 Å². The fraction of sp³-hybridized carbons (Fsp3) is 0.381. The third kappa shape index (κ3) is 2.79. The number of nitrogens with zero attached hydrogens (tertiary/aromatic N) is 3. The summed E-state index contributed by atoms with van der Waals surface area (Å²) in [7, 11) is 1.75. The van der Waals surface area contributed by atoms with E-state index in [-0.39, 0.29) is 0 Å². The molecule has 0 N–H and O–H groups in total. The molecule has 0 atom stereocenters. The zero-order chi connectivity index (χ0) is 18.3. The predicted molar refractivity (Wildman–Crippen MR) is 110 cm³/mol. The SMILES string of the molecule is COCCn1c(C)c(C)c2c(S)cnc(N3CCc4ccccc4C3)c21. The van der Waals surface area contributed by atoms with Crippen molar-refractivity contribution in [1.29, 1.82) is 0 Å². The highest BCUT2D eigenvalue weighted by molar-refractivity contribution is 7.80. The lowest BCUT2D eigenvalue weighted by Crippen LogP contribution is -2.31. The smallest absolute Gasteiger partial charge is 0.153 e. The van der Waals surface area contributed by atoms with Crippen molar-refractivity contribution in [3.8, 4) is 0 Å². The van der Waals surface area contributed by atoms with E-state index in [0.29, 0.717) is 6.61 Å². The summed E-state index contributed by atoms with van der Waals surface area (Å²) in [5.74, 6) is 1.06. The van der Waals surface area contributed by atoms with Gasteiger partial charge < -0.3 is 14.2 Å². The molecule has 2 aromatic heterocycles. The first-order valence-electron chi connectivity index (χ1n) is 9.09. The molecule has 0 saturated carbocycles. The van der Waals surface area contributed by atoms with E-state index in [2.05, 4.69) is 47.6 Å². The predicted octanol–water partition coefficient (Wildman–Crippen LogP) is 4.15. The topological polar surface area (TPSA) is 30.3 Å². The minimum absolute atomic E-state index is 0.684. The Morgan fingerprint density at radius 1 is 1.19 bits per heavy atom. The van der Waals surface area contributed by atoms with Gasteiger partial charge in [-0.3, -0.25) is 0 Å². The van der Waals surface area contributed by atoms with Crippen LogP contribution in [0, 0.1) is 13.8 Å². The van der Waals surface area contributed by atoms with Gasteiger partial charge in [0.25, 0.3) is 0 Å². The van der Waals surface area contributed by atoms with Crippen molar-refractivity contribution < 1.29 is 4.74 Å². The van der Waals surface area contributed by atoms with E-state index in [9.17, 15) is 0 Å². The highest BCUT2D eigenvalue weighted by Crippen LogP contribution is 2.37. The molecule has 1 aromatic carbocycles. The molecule has 1 aliphatic rings. The van der Waals surface area contributed by atoms with E-state index in [1.165, 1.54) is 33.3 Å². The molecule has 5 heteroatoms. The minimum atomic E-state index is 0.684. The number of fused-ring (bicyclic) bond motifs is 2. The molecule has 26 heavy (non-hydrogen) atoms. The van der Waals surface area contributed by atoms with Gasteiger partial charge in [-0.05, 0) is 37.0 Å². The molecule has 136 valence electrons. The van der Waals surface area contributed by atoms with E-state index in [0.717, 1.165) is 36.8 Å². The Bertz CT molecular complexity index is 964. The van der Waals surface area contributed by atoms with Crippen LogP contribution in [-0.2, 0) is 24.2 Å². The zero-order valence-corrected chi connectivity index (χ0v) is 16.5. The molecule has 3 aromatic rings. The summed E-state index contributed by atoms with van der Waals surface area (Å²) in [5, 5.41) is 1.21. The lowest BCUT2D eigenvalue weighted by molar-refractivity contribution is 0.188. The van der Waals surface area contributed by atoms with Gasteiger partial charge in [-0.2, -0.15) is 0 Å². The second-order valence-electron chi connectivity index (χ2n) is 6.99. The van der Waals surface area contributed by atoms with Crippen LogP contribution in [0.1, 0.15) is 22.4 Å². The van der Waals surface area contributed by atoms with Crippen LogP contribution in [0.4, 0.5) is 5.82 Å². The number of rotatable bonds is 4. The van der Waals surface area contributed by atoms with E-state index < -0.39 is 0 Å². The summed E-state index contributed by atoms with van der Waals surface area (Å²) < 4.78 is 7.69. The number of pyridine rings is 1. The Hall–Kier alpha value is -1.98. The largest absolute Gasteiger partial charge is 0.383 e. The Kier molecular flexibility index (Phi) is 4.67. The standard InChI is InChI=1S/C21H25N3OS/c1-14-15(2)24(10-11-25-3)20-19(14)18(26)12-22-21(20)23-9-8-16-6-4-5-7-17(16)13-23/h4-7,12,26H,8-11,13H2,1-3H3. The van der Waals surface area contributed by atoms with Crippen LogP contribution in [0.5, 0.6) is 0 Å². The van der Waals surface area contributed by atoms with Crippen molar-refractivity contribution in [3.05, 3.63) is 52.8 Å². The van der Waals surface area contributed by atoms with Crippen LogP contribution < -0.4 is 4.90 Å². The van der Waals surface area contributed by atoms with Gasteiger partial charge in [-0.15, -0.1) is 12.6 Å². The third-order valence-electron chi connectivity index (χ3n) is 5.56. The van der Waals surface area contributed by atoms with E-state index in [1.807, 2.05) is 6.20 Å². The zero-order valence-electron chi connectivity index (χ0n) is 15.6. The molecular weight excluding hydrogens is 342 g/mol. The van der Waals surface area contributed by atoms with Crippen molar-refractivity contribution in [2.75, 3.05) is 25.2 Å². The first-order valence-corrected chi connectivity index (χ1v) is 9.54. The molecule has 0 radical (unpaired) electrons. The monoisotopic (exact) mass is 367 g/mol. The lowest BCUT2D eigenvalue weighted by atomic mass is 10.00. The summed E-state index contributed by atoms with van der Waals surface area (Å²) in [6.45, 7) is 7.74. The van der Waals surface area contributed by atoms with Gasteiger partial charge in [0.1, 0.15) is 0 Å². The maximum atomic E-state index is 5.35. The summed E-state index contributed by atoms with van der Waals surface area (Å²) in [6, 6.07) is 8.72. The summed E-state index contributed by atoms with van der Waals surface area (Å²) >= 11 is 4.70. The van der Waals surface area contributed by atoms with E-state index >= 15 is 0 Å². The normalized spacial score (nSPS) is 14.1. The Balaban J connectivity index is 1.85. The molecule has 0 unspecified atom stereocenters. The van der Waals surface area contributed by atoms with Crippen LogP contribution >= 0.6 is 12.6 Å². The lowest BCUT2D eigenvalue weighted by Gasteiger charge is -2.30. The van der Waals surface area contributed by atoms with Crippen molar-refractivity contribution in [3.63, 3.8) is 0 Å². The van der Waals surface area contributed by atoms with Gasteiger partial charge in [-0.1, -0.05) is 24.3 Å². The number of thiol groups is 1. The minimum Gasteiger partial charge on any atom is -0.383 e. The van der Waals surface area contributed by atoms with Crippen molar-refractivity contribution in [1.82, 2.24) is 9.55 Å². The van der Waals surface area contributed by atoms with Gasteiger partial charge in [0, 0.05) is 48.9 Å². The first kappa shape index (κ1) is 17.4. The fourth-order valence-electron chi connectivity index (χ4n) is 4.03. The molecule has 4 rings (SSSR count). The summed E-state index contributed by atoms with van der Waals surface area (Å²) in [4.78, 5) is 8.16. The Labute approximate surface area is 160 Å². The molecular formula is C21H25N3OS. The molecule has 0 amide bonds. The fourth-order valence-corrected chi connectivity index (χ4v) is 4.36. The number of aryl methyl sites for hydroxylation is 1. The Morgan fingerprint density at radius 2 is 1.96 bits per heavy atom. The van der Waals surface area contributed by atoms with Gasteiger partial charge in [-0.25, -0.2) is 4.98 Å². The third-order valence-corrected chi connectivity index (χ3v) is 5.89. The highest BCUT2D eigenvalue weighted by Gasteiger charge is 2.23. The summed E-state index contributed by atoms with van der Waals surface area (Å²) in [5.41, 5.74) is 6.57. The maximum absolute atomic E-state index is 5.35. The molecule has 1 aliphatic heterocycles. The van der Waals surface area contributed by atoms with E-state index in [4.69, 9.17) is 22.3 Å². The number of anilines is 1. The molecule has 4 nitrogen and oxygen atoms in total. The number of benzene rings is 1. The molecule has 0 fully saturated rings. The van der Waals surface area contributed by atoms with Gasteiger partial charge in [0.15, 0.2) is 5.82 Å². The molecule has 3 heterocycles. The van der Waals surface area contributed by atoms with Crippen molar-refractivity contribution in [2.24, 2.45) is 0 Å².